The molecule has 1 unspecified atom stereocenters. The van der Waals surface area contributed by atoms with E-state index in [2.05, 4.69) is 110 Å². The number of thiophene rings is 1. The lowest BCUT2D eigenvalue weighted by Gasteiger charge is -2.43. The van der Waals surface area contributed by atoms with Gasteiger partial charge in [-0.3, -0.25) is 9.80 Å². The van der Waals surface area contributed by atoms with Crippen LogP contribution in [0.2, 0.25) is 0 Å². The van der Waals surface area contributed by atoms with Gasteiger partial charge in [0.05, 0.1) is 25.8 Å². The molecule has 1 aromatic heterocycles. The minimum atomic E-state index is -0.00408. The van der Waals surface area contributed by atoms with Crippen LogP contribution in [-0.4, -0.2) is 60.6 Å². The highest BCUT2D eigenvalue weighted by atomic mass is 32.1. The second-order valence-corrected chi connectivity index (χ2v) is 16.3. The maximum absolute atomic E-state index is 6.17. The summed E-state index contributed by atoms with van der Waals surface area (Å²) in [4.78, 5) is 8.92. The normalized spacial score (nSPS) is 19.6. The van der Waals surface area contributed by atoms with Gasteiger partial charge in [0.2, 0.25) is 0 Å². The molecule has 3 aromatic rings. The van der Waals surface area contributed by atoms with Crippen LogP contribution >= 0.6 is 11.3 Å². The van der Waals surface area contributed by atoms with Crippen molar-refractivity contribution in [2.45, 2.75) is 78.6 Å². The molecule has 0 radical (unpaired) electrons. The number of hydrogen-bond acceptors (Lipinski definition) is 7. The van der Waals surface area contributed by atoms with Gasteiger partial charge in [0.1, 0.15) is 11.5 Å². The van der Waals surface area contributed by atoms with Gasteiger partial charge in [0.15, 0.2) is 0 Å². The monoisotopic (exact) mass is 690 g/mol. The fourth-order valence-electron chi connectivity index (χ4n) is 8.03. The fourth-order valence-corrected chi connectivity index (χ4v) is 9.00. The van der Waals surface area contributed by atoms with E-state index in [1.54, 1.807) is 31.8 Å². The quantitative estimate of drug-likeness (QED) is 0.171. The van der Waals surface area contributed by atoms with E-state index in [9.17, 15) is 0 Å². The fraction of sp³-hybridized carbons (Fsp3) is 0.442. The summed E-state index contributed by atoms with van der Waals surface area (Å²) >= 11 is 1.70. The second-order valence-electron chi connectivity index (χ2n) is 15.3. The summed E-state index contributed by atoms with van der Waals surface area (Å²) in [5, 5.41) is 2.10. The number of hydrogen-bond donors (Lipinski definition) is 1. The summed E-state index contributed by atoms with van der Waals surface area (Å²) in [5.41, 5.74) is 16.9. The third-order valence-corrected chi connectivity index (χ3v) is 11.9. The van der Waals surface area contributed by atoms with Crippen LogP contribution in [0.25, 0.3) is 5.57 Å². The first-order chi connectivity index (χ1) is 23.9. The Hall–Kier alpha value is -3.96. The molecule has 2 N–H and O–H groups in total. The van der Waals surface area contributed by atoms with E-state index in [1.165, 1.54) is 40.0 Å². The zero-order valence-corrected chi connectivity index (χ0v) is 31.9. The molecule has 3 aliphatic rings. The predicted molar refractivity (Wildman–Crippen MR) is 208 cm³/mol. The summed E-state index contributed by atoms with van der Waals surface area (Å²) in [5.74, 6) is 4.59. The molecule has 1 atom stereocenters. The molecule has 6 rings (SSSR count). The third kappa shape index (κ3) is 7.12. The van der Waals surface area contributed by atoms with E-state index in [-0.39, 0.29) is 17.0 Å². The van der Waals surface area contributed by atoms with Crippen LogP contribution in [0.15, 0.2) is 71.9 Å². The van der Waals surface area contributed by atoms with E-state index in [1.807, 2.05) is 0 Å². The topological polar surface area (TPSA) is 54.2 Å². The van der Waals surface area contributed by atoms with Crippen molar-refractivity contribution < 1.29 is 9.47 Å². The maximum atomic E-state index is 6.17. The predicted octanol–water partition coefficient (Wildman–Crippen LogP) is 8.31. The van der Waals surface area contributed by atoms with E-state index in [0.29, 0.717) is 0 Å². The molecule has 2 aliphatic heterocycles. The highest BCUT2D eigenvalue weighted by Gasteiger charge is 2.51. The van der Waals surface area contributed by atoms with Crippen LogP contribution < -0.4 is 15.2 Å². The Labute approximate surface area is 304 Å². The van der Waals surface area contributed by atoms with Gasteiger partial charge >= 0.3 is 0 Å². The first kappa shape index (κ1) is 35.9. The van der Waals surface area contributed by atoms with E-state index >= 15 is 0 Å². The van der Waals surface area contributed by atoms with Crippen LogP contribution in [0.4, 0.5) is 0 Å². The van der Waals surface area contributed by atoms with Crippen molar-refractivity contribution >= 4 is 16.9 Å². The molecule has 2 aromatic carbocycles. The number of allylic oxidation sites excluding steroid dienone is 2. The summed E-state index contributed by atoms with van der Waals surface area (Å²) in [6, 6.07) is 13.5. The SMILES string of the molecule is C#C/C(=C\C(C)(C)C)C(=C)N1CCc2c(CN3CCN(Cc4c(OC)cc(/C(=C/N)c5sccc5C)cc4OC)CC34CC4)cccc2C1C. The Bertz CT molecular complexity index is 1830. The average molecular weight is 691 g/mol. The highest BCUT2D eigenvalue weighted by Crippen LogP contribution is 2.47. The first-order valence-electron chi connectivity index (χ1n) is 17.9. The number of piperazine rings is 1. The van der Waals surface area contributed by atoms with E-state index in [0.717, 1.165) is 85.2 Å². The van der Waals surface area contributed by atoms with Gasteiger partial charge in [-0.05, 0) is 89.9 Å². The summed E-state index contributed by atoms with van der Waals surface area (Å²) < 4.78 is 12.0. The van der Waals surface area contributed by atoms with Gasteiger partial charge in [-0.25, -0.2) is 0 Å². The smallest absolute Gasteiger partial charge is 0.127 e. The van der Waals surface area contributed by atoms with Gasteiger partial charge in [-0.1, -0.05) is 57.5 Å². The Kier molecular flexibility index (Phi) is 10.3. The molecule has 0 amide bonds. The molecule has 1 aliphatic carbocycles. The number of fused-ring (bicyclic) bond motifs is 1. The van der Waals surface area contributed by atoms with Crippen molar-refractivity contribution in [3.63, 3.8) is 0 Å². The van der Waals surface area contributed by atoms with Crippen LogP contribution in [0, 0.1) is 24.7 Å². The van der Waals surface area contributed by atoms with Gasteiger partial charge in [0, 0.05) is 72.7 Å². The van der Waals surface area contributed by atoms with Crippen molar-refractivity contribution in [2.24, 2.45) is 11.1 Å². The molecule has 6 nitrogen and oxygen atoms in total. The van der Waals surface area contributed by atoms with Gasteiger partial charge < -0.3 is 20.1 Å². The lowest BCUT2D eigenvalue weighted by Crippen LogP contribution is -2.54. The van der Waals surface area contributed by atoms with Crippen molar-refractivity contribution in [1.82, 2.24) is 14.7 Å². The molecular weight excluding hydrogens is 637 g/mol. The minimum absolute atomic E-state index is 0.00408. The minimum Gasteiger partial charge on any atom is -0.496 e. The summed E-state index contributed by atoms with van der Waals surface area (Å²) in [6.07, 6.45) is 13.3. The molecule has 1 saturated carbocycles. The van der Waals surface area contributed by atoms with Crippen molar-refractivity contribution in [3.8, 4) is 23.8 Å². The average Bonchev–Trinajstić information content (AvgIpc) is 3.74. The molecule has 7 heteroatoms. The molecule has 1 spiro atoms. The number of ether oxygens (including phenoxy) is 2. The Balaban J connectivity index is 1.17. The number of nitrogens with two attached hydrogens (primary N) is 1. The Morgan fingerprint density at radius 1 is 1.10 bits per heavy atom. The number of benzene rings is 2. The lowest BCUT2D eigenvalue weighted by molar-refractivity contribution is 0.0479. The molecular formula is C43H54N4O2S. The Morgan fingerprint density at radius 2 is 1.82 bits per heavy atom. The van der Waals surface area contributed by atoms with Crippen LogP contribution in [-0.2, 0) is 19.5 Å². The van der Waals surface area contributed by atoms with E-state index < -0.39 is 0 Å². The molecule has 2 fully saturated rings. The van der Waals surface area contributed by atoms with Crippen LogP contribution in [0.5, 0.6) is 11.5 Å². The van der Waals surface area contributed by atoms with Gasteiger partial charge in [0.25, 0.3) is 0 Å². The summed E-state index contributed by atoms with van der Waals surface area (Å²) in [6.45, 7) is 21.2. The highest BCUT2D eigenvalue weighted by molar-refractivity contribution is 7.11. The first-order valence-corrected chi connectivity index (χ1v) is 18.7. The van der Waals surface area contributed by atoms with Crippen molar-refractivity contribution in [1.29, 1.82) is 0 Å². The standard InChI is InChI=1S/C43H54N4O2S/c1-10-32(24-42(5,6)7)30(3)47-18-14-36-33(12-11-13-35(36)31(47)4)26-46-20-19-45(28-43(46)16-17-43)27-38-39(48-8)22-34(23-40(38)49-9)37(25-44)41-29(2)15-21-50-41/h1,11-13,15,21-25,31H,3,14,16-20,26-28,44H2,2,4-9H3/b32-24+,37-25-. The third-order valence-electron chi connectivity index (χ3n) is 10.9. The zero-order valence-electron chi connectivity index (χ0n) is 31.1. The molecule has 50 heavy (non-hydrogen) atoms. The van der Waals surface area contributed by atoms with E-state index in [4.69, 9.17) is 21.6 Å². The number of rotatable bonds is 10. The number of nitrogens with zero attached hydrogens (tertiary/aromatic N) is 3. The van der Waals surface area contributed by atoms with Crippen LogP contribution in [0.3, 0.4) is 0 Å². The molecule has 0 bridgehead atoms. The van der Waals surface area contributed by atoms with Crippen LogP contribution in [0.1, 0.15) is 84.8 Å². The number of terminal acetylenes is 1. The van der Waals surface area contributed by atoms with Gasteiger partial charge in [-0.15, -0.1) is 17.8 Å². The largest absolute Gasteiger partial charge is 0.496 e. The molecule has 3 heterocycles. The zero-order chi connectivity index (χ0) is 35.8. The lowest BCUT2D eigenvalue weighted by atomic mass is 9.87. The molecule has 1 saturated heterocycles. The number of methoxy groups -OCH3 is 2. The van der Waals surface area contributed by atoms with Gasteiger partial charge in [-0.2, -0.15) is 0 Å². The number of aryl methyl sites for hydroxylation is 1. The van der Waals surface area contributed by atoms with Crippen molar-refractivity contribution in [3.05, 3.63) is 110 Å². The Morgan fingerprint density at radius 3 is 2.40 bits per heavy atom. The second kappa shape index (κ2) is 14.3. The van der Waals surface area contributed by atoms with Crippen molar-refractivity contribution in [2.75, 3.05) is 40.4 Å². The summed E-state index contributed by atoms with van der Waals surface area (Å²) in [7, 11) is 3.50. The molecule has 264 valence electrons. The maximum Gasteiger partial charge on any atom is 0.127 e.